The summed E-state index contributed by atoms with van der Waals surface area (Å²) in [6, 6.07) is 10.6. The smallest absolute Gasteiger partial charge is 0.0823 e. The number of benzene rings is 1. The molecule has 1 rings (SSSR count). The van der Waals surface area contributed by atoms with Crippen LogP contribution in [0.5, 0.6) is 0 Å². The molecule has 20 heavy (non-hydrogen) atoms. The lowest BCUT2D eigenvalue weighted by atomic mass is 10.1. The molecule has 0 amide bonds. The third-order valence-corrected chi connectivity index (χ3v) is 4.02. The highest BCUT2D eigenvalue weighted by atomic mass is 32.1. The van der Waals surface area contributed by atoms with Gasteiger partial charge >= 0.3 is 0 Å². The first-order valence-electron chi connectivity index (χ1n) is 8.09. The van der Waals surface area contributed by atoms with Crippen molar-refractivity contribution in [1.29, 1.82) is 0 Å². The lowest BCUT2D eigenvalue weighted by Crippen LogP contribution is -2.32. The van der Waals surface area contributed by atoms with E-state index in [-0.39, 0.29) is 0 Å². The van der Waals surface area contributed by atoms with E-state index < -0.39 is 0 Å². The van der Waals surface area contributed by atoms with Gasteiger partial charge in [-0.1, -0.05) is 82.1 Å². The summed E-state index contributed by atoms with van der Waals surface area (Å²) >= 11 is 5.68. The molecule has 0 fully saturated rings. The maximum absolute atomic E-state index is 5.68. The molecule has 0 spiro atoms. The maximum atomic E-state index is 5.68. The fourth-order valence-corrected chi connectivity index (χ4v) is 2.70. The van der Waals surface area contributed by atoms with Crippen molar-refractivity contribution in [2.24, 2.45) is 0 Å². The molecular weight excluding hydrogens is 262 g/mol. The fourth-order valence-electron chi connectivity index (χ4n) is 2.35. The predicted molar refractivity (Wildman–Crippen MR) is 93.4 cm³/mol. The van der Waals surface area contributed by atoms with Crippen molar-refractivity contribution < 1.29 is 0 Å². The molecule has 112 valence electrons. The topological polar surface area (TPSA) is 3.24 Å². The molecule has 1 aromatic carbocycles. The molecule has 0 N–H and O–H groups in total. The molecule has 1 nitrogen and oxygen atoms in total. The van der Waals surface area contributed by atoms with Crippen LogP contribution in [-0.2, 0) is 6.42 Å². The third kappa shape index (κ3) is 7.04. The van der Waals surface area contributed by atoms with E-state index in [0.29, 0.717) is 0 Å². The van der Waals surface area contributed by atoms with Gasteiger partial charge in [-0.05, 0) is 18.4 Å². The molecule has 0 aliphatic carbocycles. The van der Waals surface area contributed by atoms with E-state index in [4.69, 9.17) is 12.2 Å². The Kier molecular flexibility index (Phi) is 9.31. The van der Waals surface area contributed by atoms with E-state index >= 15 is 0 Å². The number of hydrogen-bond acceptors (Lipinski definition) is 1. The van der Waals surface area contributed by atoms with Crippen LogP contribution in [0.4, 0.5) is 0 Å². The van der Waals surface area contributed by atoms with Crippen molar-refractivity contribution in [2.45, 2.75) is 58.8 Å². The van der Waals surface area contributed by atoms with Crippen LogP contribution in [0.25, 0.3) is 0 Å². The van der Waals surface area contributed by atoms with Gasteiger partial charge in [-0.2, -0.15) is 0 Å². The second kappa shape index (κ2) is 10.8. The molecule has 0 aromatic heterocycles. The van der Waals surface area contributed by atoms with Crippen molar-refractivity contribution in [3.8, 4) is 0 Å². The Morgan fingerprint density at radius 3 is 1.95 bits per heavy atom. The zero-order valence-corrected chi connectivity index (χ0v) is 13.9. The quantitative estimate of drug-likeness (QED) is 0.428. The Labute approximate surface area is 130 Å². The Balaban J connectivity index is 2.48. The third-order valence-electron chi connectivity index (χ3n) is 3.61. The fraction of sp³-hybridized carbons (Fsp3) is 0.611. The molecule has 0 heterocycles. The van der Waals surface area contributed by atoms with Crippen LogP contribution < -0.4 is 0 Å². The maximum Gasteiger partial charge on any atom is 0.0823 e. The Bertz CT molecular complexity index is 351. The van der Waals surface area contributed by atoms with E-state index in [2.05, 4.69) is 49.1 Å². The Hall–Kier alpha value is -0.890. The second-order valence-electron chi connectivity index (χ2n) is 5.46. The van der Waals surface area contributed by atoms with Crippen LogP contribution >= 0.6 is 12.2 Å². The van der Waals surface area contributed by atoms with E-state index in [1.54, 1.807) is 0 Å². The Morgan fingerprint density at radius 2 is 1.45 bits per heavy atom. The number of rotatable bonds is 10. The number of hydrogen-bond donors (Lipinski definition) is 0. The highest BCUT2D eigenvalue weighted by molar-refractivity contribution is 7.80. The molecule has 0 aliphatic heterocycles. The molecule has 0 radical (unpaired) electrons. The number of nitrogens with zero attached hydrogens (tertiary/aromatic N) is 1. The summed E-state index contributed by atoms with van der Waals surface area (Å²) in [5, 5.41) is 0. The first-order valence-corrected chi connectivity index (χ1v) is 8.50. The normalized spacial score (nSPS) is 10.5. The zero-order valence-electron chi connectivity index (χ0n) is 13.1. The van der Waals surface area contributed by atoms with Gasteiger partial charge in [0.25, 0.3) is 0 Å². The monoisotopic (exact) mass is 291 g/mol. The van der Waals surface area contributed by atoms with Gasteiger partial charge in [0.15, 0.2) is 0 Å². The van der Waals surface area contributed by atoms with Gasteiger partial charge < -0.3 is 4.90 Å². The van der Waals surface area contributed by atoms with Gasteiger partial charge in [0, 0.05) is 19.5 Å². The summed E-state index contributed by atoms with van der Waals surface area (Å²) in [5.74, 6) is 0. The van der Waals surface area contributed by atoms with E-state index in [1.165, 1.54) is 44.1 Å². The van der Waals surface area contributed by atoms with E-state index in [1.807, 2.05) is 0 Å². The average Bonchev–Trinajstić information content (AvgIpc) is 2.47. The first-order chi connectivity index (χ1) is 9.77. The van der Waals surface area contributed by atoms with Crippen LogP contribution in [0, 0.1) is 0 Å². The Morgan fingerprint density at radius 1 is 0.900 bits per heavy atom. The SMILES string of the molecule is CCCCCN(CCCCC)C(=S)Cc1ccccc1. The van der Waals surface area contributed by atoms with Crippen LogP contribution in [-0.4, -0.2) is 23.0 Å². The highest BCUT2D eigenvalue weighted by Gasteiger charge is 2.09. The summed E-state index contributed by atoms with van der Waals surface area (Å²) in [5.41, 5.74) is 1.33. The average molecular weight is 292 g/mol. The van der Waals surface area contributed by atoms with Gasteiger partial charge in [0.1, 0.15) is 0 Å². The van der Waals surface area contributed by atoms with Crippen LogP contribution in [0.15, 0.2) is 30.3 Å². The van der Waals surface area contributed by atoms with Gasteiger partial charge in [0.2, 0.25) is 0 Å². The number of thiocarbonyl (C=S) groups is 1. The summed E-state index contributed by atoms with van der Waals surface area (Å²) in [4.78, 5) is 3.55. The summed E-state index contributed by atoms with van der Waals surface area (Å²) in [6.07, 6.45) is 8.59. The second-order valence-corrected chi connectivity index (χ2v) is 5.93. The highest BCUT2D eigenvalue weighted by Crippen LogP contribution is 2.09. The van der Waals surface area contributed by atoms with E-state index in [9.17, 15) is 0 Å². The van der Waals surface area contributed by atoms with Crippen molar-refractivity contribution in [1.82, 2.24) is 4.90 Å². The summed E-state index contributed by atoms with van der Waals surface area (Å²) in [6.45, 7) is 6.76. The lowest BCUT2D eigenvalue weighted by Gasteiger charge is -2.25. The molecule has 0 atom stereocenters. The van der Waals surface area contributed by atoms with Gasteiger partial charge in [0.05, 0.1) is 4.99 Å². The van der Waals surface area contributed by atoms with Gasteiger partial charge in [-0.15, -0.1) is 0 Å². The molecule has 1 aromatic rings. The van der Waals surface area contributed by atoms with E-state index in [0.717, 1.165) is 24.5 Å². The molecule has 0 unspecified atom stereocenters. The van der Waals surface area contributed by atoms with Crippen LogP contribution in [0.1, 0.15) is 57.9 Å². The zero-order chi connectivity index (χ0) is 14.6. The number of unbranched alkanes of at least 4 members (excludes halogenated alkanes) is 4. The van der Waals surface area contributed by atoms with Gasteiger partial charge in [-0.25, -0.2) is 0 Å². The minimum Gasteiger partial charge on any atom is -0.366 e. The lowest BCUT2D eigenvalue weighted by molar-refractivity contribution is 0.391. The molecule has 0 bridgehead atoms. The molecule has 0 aliphatic rings. The molecule has 0 saturated carbocycles. The molecule has 0 saturated heterocycles. The minimum absolute atomic E-state index is 0.911. The van der Waals surface area contributed by atoms with Crippen molar-refractivity contribution in [3.63, 3.8) is 0 Å². The van der Waals surface area contributed by atoms with Crippen molar-refractivity contribution in [2.75, 3.05) is 13.1 Å². The largest absolute Gasteiger partial charge is 0.366 e. The predicted octanol–water partition coefficient (Wildman–Crippen LogP) is 5.24. The standard InChI is InChI=1S/C18H29NS/c1-3-5-10-14-19(15-11-6-4-2)18(20)16-17-12-8-7-9-13-17/h7-9,12-13H,3-6,10-11,14-16H2,1-2H3. The summed E-state index contributed by atoms with van der Waals surface area (Å²) < 4.78 is 0. The van der Waals surface area contributed by atoms with Gasteiger partial charge in [-0.3, -0.25) is 0 Å². The van der Waals surface area contributed by atoms with Crippen molar-refractivity contribution in [3.05, 3.63) is 35.9 Å². The van der Waals surface area contributed by atoms with Crippen molar-refractivity contribution >= 4 is 17.2 Å². The van der Waals surface area contributed by atoms with Crippen LogP contribution in [0.3, 0.4) is 0 Å². The van der Waals surface area contributed by atoms with Crippen LogP contribution in [0.2, 0.25) is 0 Å². The summed E-state index contributed by atoms with van der Waals surface area (Å²) in [7, 11) is 0. The first kappa shape index (κ1) is 17.2. The molecule has 2 heteroatoms. The minimum atomic E-state index is 0.911. The molecular formula is C18H29NS.